The average Bonchev–Trinajstić information content (AvgIpc) is 1.83. The molecule has 0 bridgehead atoms. The van der Waals surface area contributed by atoms with E-state index in [0.717, 1.165) is 11.2 Å². The lowest BCUT2D eigenvalue weighted by Crippen LogP contribution is -1.92. The van der Waals surface area contributed by atoms with Gasteiger partial charge in [-0.25, -0.2) is 0 Å². The zero-order valence-corrected chi connectivity index (χ0v) is 6.95. The topological polar surface area (TPSA) is 0 Å². The van der Waals surface area contributed by atoms with E-state index in [9.17, 15) is 0 Å². The molecule has 0 saturated heterocycles. The predicted octanol–water partition coefficient (Wildman–Crippen LogP) is 2.98. The average molecular weight is 177 g/mol. The summed E-state index contributed by atoms with van der Waals surface area (Å²) in [6, 6.07) is 0. The van der Waals surface area contributed by atoms with Gasteiger partial charge in [0.15, 0.2) is 0 Å². The largest absolute Gasteiger partial charge is 0.103 e. The standard InChI is InChI=1S/C7H13Br/c1-3-7(4-2)5-6-8/h3,7H,1,4-6H2,2H3. The summed E-state index contributed by atoms with van der Waals surface area (Å²) in [7, 11) is 0. The van der Waals surface area contributed by atoms with E-state index in [4.69, 9.17) is 0 Å². The minimum absolute atomic E-state index is 0.717. The highest BCUT2D eigenvalue weighted by molar-refractivity contribution is 9.09. The van der Waals surface area contributed by atoms with Crippen molar-refractivity contribution in [3.63, 3.8) is 0 Å². The third-order valence-corrected chi connectivity index (χ3v) is 1.80. The smallest absolute Gasteiger partial charge is 0.00369 e. The summed E-state index contributed by atoms with van der Waals surface area (Å²) in [5.41, 5.74) is 0. The van der Waals surface area contributed by atoms with Crippen LogP contribution in [0.15, 0.2) is 12.7 Å². The molecule has 0 fully saturated rings. The number of halogens is 1. The summed E-state index contributed by atoms with van der Waals surface area (Å²) in [5, 5.41) is 1.09. The Morgan fingerprint density at radius 1 is 1.75 bits per heavy atom. The quantitative estimate of drug-likeness (QED) is 0.457. The maximum Gasteiger partial charge on any atom is 0.00369 e. The fourth-order valence-electron chi connectivity index (χ4n) is 0.629. The van der Waals surface area contributed by atoms with E-state index < -0.39 is 0 Å². The van der Waals surface area contributed by atoms with E-state index in [1.165, 1.54) is 12.8 Å². The number of hydrogen-bond acceptors (Lipinski definition) is 0. The summed E-state index contributed by atoms with van der Waals surface area (Å²) in [6.45, 7) is 5.92. The Morgan fingerprint density at radius 2 is 2.38 bits per heavy atom. The monoisotopic (exact) mass is 176 g/mol. The highest BCUT2D eigenvalue weighted by atomic mass is 79.9. The molecule has 0 rings (SSSR count). The maximum absolute atomic E-state index is 3.73. The van der Waals surface area contributed by atoms with Crippen molar-refractivity contribution in [1.29, 1.82) is 0 Å². The summed E-state index contributed by atoms with van der Waals surface area (Å²) in [4.78, 5) is 0. The molecule has 1 atom stereocenters. The van der Waals surface area contributed by atoms with E-state index in [0.29, 0.717) is 0 Å². The summed E-state index contributed by atoms with van der Waals surface area (Å²) in [6.07, 6.45) is 4.47. The molecule has 0 aromatic heterocycles. The Bertz CT molecular complexity index is 59.4. The molecule has 0 saturated carbocycles. The molecule has 0 radical (unpaired) electrons. The molecule has 0 aliphatic heterocycles. The Balaban J connectivity index is 3.21. The lowest BCUT2D eigenvalue weighted by molar-refractivity contribution is 0.615. The molecule has 0 aromatic carbocycles. The van der Waals surface area contributed by atoms with Crippen LogP contribution in [0.1, 0.15) is 19.8 Å². The molecule has 1 unspecified atom stereocenters. The van der Waals surface area contributed by atoms with Crippen LogP contribution in [-0.4, -0.2) is 5.33 Å². The Hall–Kier alpha value is 0.220. The molecule has 0 aromatic rings. The van der Waals surface area contributed by atoms with Gasteiger partial charge >= 0.3 is 0 Å². The maximum atomic E-state index is 3.73. The fraction of sp³-hybridized carbons (Fsp3) is 0.714. The molecule has 0 N–H and O–H groups in total. The molecule has 8 heavy (non-hydrogen) atoms. The predicted molar refractivity (Wildman–Crippen MR) is 42.4 cm³/mol. The van der Waals surface area contributed by atoms with Crippen LogP contribution in [0.5, 0.6) is 0 Å². The second kappa shape index (κ2) is 5.36. The van der Waals surface area contributed by atoms with E-state index in [1.54, 1.807) is 0 Å². The summed E-state index contributed by atoms with van der Waals surface area (Å²) < 4.78 is 0. The van der Waals surface area contributed by atoms with Crippen LogP contribution < -0.4 is 0 Å². The molecule has 0 aliphatic carbocycles. The lowest BCUT2D eigenvalue weighted by Gasteiger charge is -2.03. The van der Waals surface area contributed by atoms with Crippen LogP contribution in [0.2, 0.25) is 0 Å². The lowest BCUT2D eigenvalue weighted by atomic mass is 10.0. The Labute approximate surface area is 60.1 Å². The van der Waals surface area contributed by atoms with Crippen LogP contribution >= 0.6 is 15.9 Å². The van der Waals surface area contributed by atoms with Crippen LogP contribution in [0.4, 0.5) is 0 Å². The zero-order valence-electron chi connectivity index (χ0n) is 5.36. The van der Waals surface area contributed by atoms with Gasteiger partial charge in [-0.1, -0.05) is 28.9 Å². The minimum Gasteiger partial charge on any atom is -0.103 e. The second-order valence-electron chi connectivity index (χ2n) is 1.88. The SMILES string of the molecule is C=CC(CC)CCBr. The molecule has 1 heteroatoms. The molecular formula is C7H13Br. The van der Waals surface area contributed by atoms with Crippen molar-refractivity contribution in [3.8, 4) is 0 Å². The van der Waals surface area contributed by atoms with Gasteiger partial charge in [0.2, 0.25) is 0 Å². The fourth-order valence-corrected chi connectivity index (χ4v) is 1.22. The van der Waals surface area contributed by atoms with Crippen molar-refractivity contribution in [2.24, 2.45) is 5.92 Å². The zero-order chi connectivity index (χ0) is 6.41. The van der Waals surface area contributed by atoms with E-state index >= 15 is 0 Å². The highest BCUT2D eigenvalue weighted by Gasteiger charge is 1.96. The first kappa shape index (κ1) is 8.22. The Kier molecular flexibility index (Phi) is 5.51. The molecule has 0 heterocycles. The van der Waals surface area contributed by atoms with Crippen LogP contribution in [0.3, 0.4) is 0 Å². The van der Waals surface area contributed by atoms with Gasteiger partial charge in [0.05, 0.1) is 0 Å². The highest BCUT2D eigenvalue weighted by Crippen LogP contribution is 2.09. The first-order chi connectivity index (χ1) is 3.85. The van der Waals surface area contributed by atoms with Crippen molar-refractivity contribution in [2.75, 3.05) is 5.33 Å². The summed E-state index contributed by atoms with van der Waals surface area (Å²) in [5.74, 6) is 0.717. The molecule has 48 valence electrons. The van der Waals surface area contributed by atoms with Crippen molar-refractivity contribution >= 4 is 15.9 Å². The van der Waals surface area contributed by atoms with Crippen molar-refractivity contribution < 1.29 is 0 Å². The van der Waals surface area contributed by atoms with Crippen molar-refractivity contribution in [3.05, 3.63) is 12.7 Å². The van der Waals surface area contributed by atoms with E-state index in [1.807, 2.05) is 6.08 Å². The van der Waals surface area contributed by atoms with Gasteiger partial charge in [0, 0.05) is 5.33 Å². The second-order valence-corrected chi connectivity index (χ2v) is 2.67. The van der Waals surface area contributed by atoms with Gasteiger partial charge in [-0.05, 0) is 18.8 Å². The number of alkyl halides is 1. The first-order valence-corrected chi connectivity index (χ1v) is 4.15. The van der Waals surface area contributed by atoms with E-state index in [2.05, 4.69) is 29.4 Å². The first-order valence-electron chi connectivity index (χ1n) is 3.03. The summed E-state index contributed by atoms with van der Waals surface area (Å²) >= 11 is 3.38. The van der Waals surface area contributed by atoms with Gasteiger partial charge in [-0.3, -0.25) is 0 Å². The Morgan fingerprint density at radius 3 is 2.50 bits per heavy atom. The van der Waals surface area contributed by atoms with Gasteiger partial charge in [0.25, 0.3) is 0 Å². The van der Waals surface area contributed by atoms with Crippen LogP contribution in [0, 0.1) is 5.92 Å². The van der Waals surface area contributed by atoms with Gasteiger partial charge in [-0.2, -0.15) is 0 Å². The van der Waals surface area contributed by atoms with Crippen LogP contribution in [0.25, 0.3) is 0 Å². The third kappa shape index (κ3) is 3.25. The number of hydrogen-bond donors (Lipinski definition) is 0. The number of allylic oxidation sites excluding steroid dienone is 1. The van der Waals surface area contributed by atoms with Crippen molar-refractivity contribution in [2.45, 2.75) is 19.8 Å². The van der Waals surface area contributed by atoms with Crippen LogP contribution in [-0.2, 0) is 0 Å². The van der Waals surface area contributed by atoms with Crippen molar-refractivity contribution in [1.82, 2.24) is 0 Å². The normalized spacial score (nSPS) is 13.2. The van der Waals surface area contributed by atoms with Gasteiger partial charge < -0.3 is 0 Å². The number of rotatable bonds is 4. The molecule has 0 spiro atoms. The molecule has 0 amide bonds. The molecule has 0 nitrogen and oxygen atoms in total. The van der Waals surface area contributed by atoms with Gasteiger partial charge in [-0.15, -0.1) is 6.58 Å². The minimum atomic E-state index is 0.717. The molecule has 0 aliphatic rings. The van der Waals surface area contributed by atoms with E-state index in [-0.39, 0.29) is 0 Å². The molecular weight excluding hydrogens is 164 g/mol. The third-order valence-electron chi connectivity index (χ3n) is 1.34. The van der Waals surface area contributed by atoms with Gasteiger partial charge in [0.1, 0.15) is 0 Å².